The predicted molar refractivity (Wildman–Crippen MR) is 107 cm³/mol. The zero-order valence-electron chi connectivity index (χ0n) is 16.3. The van der Waals surface area contributed by atoms with E-state index in [9.17, 15) is 14.0 Å². The summed E-state index contributed by atoms with van der Waals surface area (Å²) in [6.45, 7) is 5.26. The number of anilines is 1. The highest BCUT2D eigenvalue weighted by atomic mass is 35.5. The molecule has 3 rings (SSSR count). The van der Waals surface area contributed by atoms with E-state index in [1.165, 1.54) is 12.1 Å². The summed E-state index contributed by atoms with van der Waals surface area (Å²) >= 11 is 5.66. The Labute approximate surface area is 171 Å². The standard InChI is InChI=1S/C20H20ClFN4O3/c1-11-8-18-23-12(2)15(13(3)26(18)25-11)5-7-20(28)29-10-19(27)24-14-4-6-17(22)16(21)9-14/h4,6,8-9H,5,7,10H2,1-3H3,(H,24,27). The van der Waals surface area contributed by atoms with E-state index in [4.69, 9.17) is 16.3 Å². The van der Waals surface area contributed by atoms with Crippen molar-refractivity contribution in [2.75, 3.05) is 11.9 Å². The molecule has 0 bridgehead atoms. The molecule has 0 aliphatic heterocycles. The predicted octanol–water partition coefficient (Wildman–Crippen LogP) is 3.56. The number of fused-ring (bicyclic) bond motifs is 1. The number of hydrogen-bond acceptors (Lipinski definition) is 5. The molecule has 152 valence electrons. The van der Waals surface area contributed by atoms with Gasteiger partial charge in [0.1, 0.15) is 5.82 Å². The quantitative estimate of drug-likeness (QED) is 0.618. The van der Waals surface area contributed by atoms with Crippen LogP contribution in [0, 0.1) is 26.6 Å². The molecule has 0 saturated heterocycles. The Morgan fingerprint density at radius 3 is 2.72 bits per heavy atom. The van der Waals surface area contributed by atoms with Gasteiger partial charge in [-0.1, -0.05) is 11.6 Å². The first-order valence-corrected chi connectivity index (χ1v) is 9.35. The van der Waals surface area contributed by atoms with Crippen LogP contribution >= 0.6 is 11.6 Å². The molecule has 1 aromatic carbocycles. The Morgan fingerprint density at radius 1 is 1.24 bits per heavy atom. The number of aromatic nitrogens is 3. The van der Waals surface area contributed by atoms with Crippen LogP contribution in [0.1, 0.15) is 29.1 Å². The molecule has 1 N–H and O–H groups in total. The van der Waals surface area contributed by atoms with Crippen molar-refractivity contribution in [3.63, 3.8) is 0 Å². The van der Waals surface area contributed by atoms with Crippen molar-refractivity contribution < 1.29 is 18.7 Å². The van der Waals surface area contributed by atoms with Crippen molar-refractivity contribution in [3.05, 3.63) is 57.8 Å². The number of ether oxygens (including phenoxy) is 1. The topological polar surface area (TPSA) is 85.6 Å². The molecule has 0 radical (unpaired) electrons. The summed E-state index contributed by atoms with van der Waals surface area (Å²) in [5.41, 5.74) is 4.61. The van der Waals surface area contributed by atoms with Crippen LogP contribution < -0.4 is 5.32 Å². The lowest BCUT2D eigenvalue weighted by Gasteiger charge is -2.11. The first-order valence-electron chi connectivity index (χ1n) is 8.97. The summed E-state index contributed by atoms with van der Waals surface area (Å²) in [7, 11) is 0. The Kier molecular flexibility index (Phi) is 6.12. The molecule has 0 aliphatic carbocycles. The summed E-state index contributed by atoms with van der Waals surface area (Å²) in [6, 6.07) is 5.68. The number of esters is 1. The van der Waals surface area contributed by atoms with E-state index >= 15 is 0 Å². The molecule has 1 amide bonds. The summed E-state index contributed by atoms with van der Waals surface area (Å²) in [6.07, 6.45) is 0.526. The molecule has 0 atom stereocenters. The minimum atomic E-state index is -0.584. The average molecular weight is 419 g/mol. The van der Waals surface area contributed by atoms with Crippen LogP contribution in [-0.4, -0.2) is 33.1 Å². The lowest BCUT2D eigenvalue weighted by molar-refractivity contribution is -0.147. The number of nitrogens with zero attached hydrogens (tertiary/aromatic N) is 3. The molecule has 9 heteroatoms. The van der Waals surface area contributed by atoms with Crippen molar-refractivity contribution in [3.8, 4) is 0 Å². The molecule has 2 aromatic heterocycles. The first-order chi connectivity index (χ1) is 13.7. The van der Waals surface area contributed by atoms with Gasteiger partial charge >= 0.3 is 5.97 Å². The third kappa shape index (κ3) is 4.89. The summed E-state index contributed by atoms with van der Waals surface area (Å²) in [5.74, 6) is -1.63. The first kappa shape index (κ1) is 20.7. The number of benzene rings is 1. The maximum Gasteiger partial charge on any atom is 0.306 e. The fraction of sp³-hybridized carbons (Fsp3) is 0.300. The smallest absolute Gasteiger partial charge is 0.306 e. The fourth-order valence-electron chi connectivity index (χ4n) is 3.02. The minimum absolute atomic E-state index is 0.102. The van der Waals surface area contributed by atoms with Gasteiger partial charge in [-0.05, 0) is 51.0 Å². The van der Waals surface area contributed by atoms with Gasteiger partial charge in [-0.2, -0.15) is 5.10 Å². The van der Waals surface area contributed by atoms with Crippen molar-refractivity contribution in [2.24, 2.45) is 0 Å². The third-order valence-electron chi connectivity index (χ3n) is 4.43. The van der Waals surface area contributed by atoms with Crippen LogP contribution in [0.5, 0.6) is 0 Å². The number of carbonyl (C=O) groups is 2. The van der Waals surface area contributed by atoms with Gasteiger partial charge in [0.25, 0.3) is 5.91 Å². The third-order valence-corrected chi connectivity index (χ3v) is 4.72. The van der Waals surface area contributed by atoms with Crippen LogP contribution in [-0.2, 0) is 20.7 Å². The number of aryl methyl sites for hydroxylation is 3. The number of nitrogens with one attached hydrogen (secondary N) is 1. The Hall–Kier alpha value is -3.00. The van der Waals surface area contributed by atoms with E-state index in [-0.39, 0.29) is 11.4 Å². The maximum atomic E-state index is 13.1. The van der Waals surface area contributed by atoms with Crippen molar-refractivity contribution in [1.82, 2.24) is 14.6 Å². The van der Waals surface area contributed by atoms with Gasteiger partial charge in [0.2, 0.25) is 0 Å². The maximum absolute atomic E-state index is 13.1. The monoisotopic (exact) mass is 418 g/mol. The fourth-order valence-corrected chi connectivity index (χ4v) is 3.20. The number of amides is 1. The zero-order chi connectivity index (χ0) is 21.1. The van der Waals surface area contributed by atoms with Gasteiger partial charge in [0.05, 0.1) is 10.7 Å². The lowest BCUT2D eigenvalue weighted by Crippen LogP contribution is -2.21. The Morgan fingerprint density at radius 2 is 2.00 bits per heavy atom. The van der Waals surface area contributed by atoms with Gasteiger partial charge < -0.3 is 10.1 Å². The molecule has 3 aromatic rings. The second-order valence-electron chi connectivity index (χ2n) is 6.65. The molecule has 0 fully saturated rings. The van der Waals surface area contributed by atoms with Crippen LogP contribution in [0.4, 0.5) is 10.1 Å². The second kappa shape index (κ2) is 8.57. The molecular formula is C20H20ClFN4O3. The molecule has 0 aliphatic rings. The lowest BCUT2D eigenvalue weighted by atomic mass is 10.1. The minimum Gasteiger partial charge on any atom is -0.456 e. The van der Waals surface area contributed by atoms with Gasteiger partial charge in [0.15, 0.2) is 12.3 Å². The van der Waals surface area contributed by atoms with Gasteiger partial charge in [-0.25, -0.2) is 13.9 Å². The number of halogens is 2. The Balaban J connectivity index is 1.54. The van der Waals surface area contributed by atoms with Crippen molar-refractivity contribution >= 4 is 34.8 Å². The average Bonchev–Trinajstić information content (AvgIpc) is 3.03. The van der Waals surface area contributed by atoms with E-state index in [0.29, 0.717) is 12.1 Å². The van der Waals surface area contributed by atoms with Crippen LogP contribution in [0.25, 0.3) is 5.65 Å². The summed E-state index contributed by atoms with van der Waals surface area (Å²) < 4.78 is 19.9. The van der Waals surface area contributed by atoms with E-state index in [1.807, 2.05) is 26.8 Å². The van der Waals surface area contributed by atoms with Gasteiger partial charge in [-0.3, -0.25) is 9.59 Å². The highest BCUT2D eigenvalue weighted by molar-refractivity contribution is 6.31. The van der Waals surface area contributed by atoms with Crippen molar-refractivity contribution in [1.29, 1.82) is 0 Å². The van der Waals surface area contributed by atoms with Crippen molar-refractivity contribution in [2.45, 2.75) is 33.6 Å². The number of hydrogen-bond donors (Lipinski definition) is 1. The van der Waals surface area contributed by atoms with Crippen LogP contribution in [0.3, 0.4) is 0 Å². The van der Waals surface area contributed by atoms with E-state index in [2.05, 4.69) is 15.4 Å². The molecule has 2 heterocycles. The van der Waals surface area contributed by atoms with Gasteiger partial charge in [-0.15, -0.1) is 0 Å². The summed E-state index contributed by atoms with van der Waals surface area (Å²) in [4.78, 5) is 28.5. The van der Waals surface area contributed by atoms with Gasteiger partial charge in [0, 0.05) is 29.6 Å². The zero-order valence-corrected chi connectivity index (χ0v) is 17.0. The van der Waals surface area contributed by atoms with Crippen LogP contribution in [0.2, 0.25) is 5.02 Å². The van der Waals surface area contributed by atoms with Crippen LogP contribution in [0.15, 0.2) is 24.3 Å². The second-order valence-corrected chi connectivity index (χ2v) is 7.06. The number of carbonyl (C=O) groups excluding carboxylic acids is 2. The highest BCUT2D eigenvalue weighted by Gasteiger charge is 2.14. The molecule has 29 heavy (non-hydrogen) atoms. The SMILES string of the molecule is Cc1cc2nc(C)c(CCC(=O)OCC(=O)Nc3ccc(F)c(Cl)c3)c(C)n2n1. The highest BCUT2D eigenvalue weighted by Crippen LogP contribution is 2.19. The molecule has 0 saturated carbocycles. The van der Waals surface area contributed by atoms with E-state index in [1.54, 1.807) is 4.52 Å². The summed E-state index contributed by atoms with van der Waals surface area (Å²) in [5, 5.41) is 6.79. The number of rotatable bonds is 6. The molecular weight excluding hydrogens is 399 g/mol. The normalized spacial score (nSPS) is 10.9. The molecule has 7 nitrogen and oxygen atoms in total. The largest absolute Gasteiger partial charge is 0.456 e. The Bertz CT molecular complexity index is 1100. The molecule has 0 unspecified atom stereocenters. The van der Waals surface area contributed by atoms with E-state index in [0.717, 1.165) is 34.4 Å². The molecule has 0 spiro atoms. The van der Waals surface area contributed by atoms with E-state index < -0.39 is 24.3 Å².